The number of halogens is 3. The van der Waals surface area contributed by atoms with Gasteiger partial charge in [0.15, 0.2) is 0 Å². The number of fused-ring (bicyclic) bond motifs is 1. The molecule has 1 atom stereocenters. The zero-order valence-electron chi connectivity index (χ0n) is 9.23. The third-order valence-corrected chi connectivity index (χ3v) is 2.98. The Bertz CT molecular complexity index is 441. The minimum Gasteiger partial charge on any atom is -0.166 e. The lowest BCUT2D eigenvalue weighted by molar-refractivity contribution is -0.137. The number of alkyl halides is 3. The fourth-order valence-electron chi connectivity index (χ4n) is 2.23. The van der Waals surface area contributed by atoms with Crippen molar-refractivity contribution in [3.8, 4) is 0 Å². The van der Waals surface area contributed by atoms with Crippen LogP contribution >= 0.6 is 0 Å². The van der Waals surface area contributed by atoms with Crippen molar-refractivity contribution in [2.45, 2.75) is 32.4 Å². The van der Waals surface area contributed by atoms with Crippen molar-refractivity contribution in [3.05, 3.63) is 40.5 Å². The molecule has 0 saturated heterocycles. The molecule has 1 aliphatic rings. The second kappa shape index (κ2) is 3.65. The molecule has 1 aromatic carbocycles. The molecule has 0 aromatic heterocycles. The molecule has 0 N–H and O–H groups in total. The van der Waals surface area contributed by atoms with E-state index in [1.807, 2.05) is 19.9 Å². The summed E-state index contributed by atoms with van der Waals surface area (Å²) in [7, 11) is 0. The maximum absolute atomic E-state index is 12.5. The van der Waals surface area contributed by atoms with E-state index >= 15 is 0 Å². The van der Waals surface area contributed by atoms with E-state index in [0.29, 0.717) is 0 Å². The summed E-state index contributed by atoms with van der Waals surface area (Å²) in [5, 5.41) is 0. The van der Waals surface area contributed by atoms with Gasteiger partial charge in [0.05, 0.1) is 5.56 Å². The first-order valence-corrected chi connectivity index (χ1v) is 5.26. The minimum absolute atomic E-state index is 0.169. The highest BCUT2D eigenvalue weighted by atomic mass is 19.4. The molecule has 3 heteroatoms. The van der Waals surface area contributed by atoms with E-state index < -0.39 is 11.7 Å². The predicted octanol–water partition coefficient (Wildman–Crippen LogP) is 4.62. The quantitative estimate of drug-likeness (QED) is 0.605. The van der Waals surface area contributed by atoms with E-state index in [1.165, 1.54) is 11.6 Å². The van der Waals surface area contributed by atoms with E-state index in [9.17, 15) is 13.2 Å². The summed E-state index contributed by atoms with van der Waals surface area (Å²) in [6.45, 7) is 3.98. The molecule has 0 fully saturated rings. The van der Waals surface area contributed by atoms with Crippen LogP contribution in [0.5, 0.6) is 0 Å². The van der Waals surface area contributed by atoms with Crippen LogP contribution in [-0.4, -0.2) is 0 Å². The van der Waals surface area contributed by atoms with Crippen molar-refractivity contribution in [1.29, 1.82) is 0 Å². The van der Waals surface area contributed by atoms with Crippen molar-refractivity contribution < 1.29 is 13.2 Å². The van der Waals surface area contributed by atoms with Gasteiger partial charge >= 0.3 is 6.18 Å². The minimum atomic E-state index is -4.25. The van der Waals surface area contributed by atoms with E-state index in [0.717, 1.165) is 23.6 Å². The monoisotopic (exact) mass is 226 g/mol. The van der Waals surface area contributed by atoms with Crippen LogP contribution in [0.1, 0.15) is 42.9 Å². The van der Waals surface area contributed by atoms with Gasteiger partial charge in [-0.25, -0.2) is 0 Å². The van der Waals surface area contributed by atoms with Crippen LogP contribution in [0.25, 0.3) is 6.08 Å². The van der Waals surface area contributed by atoms with E-state index in [1.54, 1.807) is 6.07 Å². The fraction of sp³-hybridized carbons (Fsp3) is 0.385. The summed E-state index contributed by atoms with van der Waals surface area (Å²) in [6, 6.07) is 4.00. The third kappa shape index (κ3) is 1.99. The van der Waals surface area contributed by atoms with Crippen LogP contribution in [0.2, 0.25) is 0 Å². The molecule has 2 rings (SSSR count). The Morgan fingerprint density at radius 2 is 1.94 bits per heavy atom. The lowest BCUT2D eigenvalue weighted by Gasteiger charge is -2.22. The van der Waals surface area contributed by atoms with Crippen LogP contribution < -0.4 is 0 Å². The molecule has 1 aliphatic carbocycles. The summed E-state index contributed by atoms with van der Waals surface area (Å²) in [5.41, 5.74) is 2.40. The number of hydrogen-bond donors (Lipinski definition) is 0. The molecule has 0 nitrogen and oxygen atoms in total. The number of rotatable bonds is 0. The summed E-state index contributed by atoms with van der Waals surface area (Å²) in [5.74, 6) is 0.169. The first-order chi connectivity index (χ1) is 7.38. The van der Waals surface area contributed by atoms with Crippen molar-refractivity contribution in [1.82, 2.24) is 0 Å². The van der Waals surface area contributed by atoms with Crippen LogP contribution in [0.15, 0.2) is 23.8 Å². The second-order valence-corrected chi connectivity index (χ2v) is 4.44. The summed E-state index contributed by atoms with van der Waals surface area (Å²) in [6.07, 6.45) is -1.44. The molecule has 0 aliphatic heterocycles. The average Bonchev–Trinajstić information content (AvgIpc) is 2.15. The van der Waals surface area contributed by atoms with Gasteiger partial charge in [0.2, 0.25) is 0 Å². The smallest absolute Gasteiger partial charge is 0.166 e. The molecule has 1 aromatic rings. The van der Waals surface area contributed by atoms with Crippen LogP contribution in [0.3, 0.4) is 0 Å². The van der Waals surface area contributed by atoms with E-state index in [2.05, 4.69) is 0 Å². The van der Waals surface area contributed by atoms with Crippen LogP contribution in [0.4, 0.5) is 13.2 Å². The van der Waals surface area contributed by atoms with Gasteiger partial charge < -0.3 is 0 Å². The summed E-state index contributed by atoms with van der Waals surface area (Å²) in [4.78, 5) is 0. The van der Waals surface area contributed by atoms with Gasteiger partial charge in [0.25, 0.3) is 0 Å². The van der Waals surface area contributed by atoms with Crippen molar-refractivity contribution in [3.63, 3.8) is 0 Å². The van der Waals surface area contributed by atoms with Crippen molar-refractivity contribution in [2.24, 2.45) is 0 Å². The first-order valence-electron chi connectivity index (χ1n) is 5.26. The molecule has 0 bridgehead atoms. The Hall–Kier alpha value is -1.25. The van der Waals surface area contributed by atoms with Gasteiger partial charge in [-0.2, -0.15) is 13.2 Å². The lowest BCUT2D eigenvalue weighted by Crippen LogP contribution is -2.09. The highest BCUT2D eigenvalue weighted by Crippen LogP contribution is 2.37. The topological polar surface area (TPSA) is 0 Å². The number of allylic oxidation sites excluding steroid dienone is 1. The summed E-state index contributed by atoms with van der Waals surface area (Å²) < 4.78 is 37.6. The highest BCUT2D eigenvalue weighted by molar-refractivity contribution is 5.61. The SMILES string of the molecule is CC1=Cc2ccc(C(F)(F)F)cc2C(C)C1. The Morgan fingerprint density at radius 1 is 1.25 bits per heavy atom. The zero-order valence-corrected chi connectivity index (χ0v) is 9.23. The number of benzene rings is 1. The average molecular weight is 226 g/mol. The van der Waals surface area contributed by atoms with Gasteiger partial charge in [-0.15, -0.1) is 0 Å². The molecular weight excluding hydrogens is 213 g/mol. The molecule has 0 heterocycles. The summed E-state index contributed by atoms with van der Waals surface area (Å²) >= 11 is 0. The maximum Gasteiger partial charge on any atom is 0.416 e. The van der Waals surface area contributed by atoms with Crippen LogP contribution in [-0.2, 0) is 6.18 Å². The standard InChI is InChI=1S/C13H13F3/c1-8-5-9(2)12-7-11(13(14,15)16)4-3-10(12)6-8/h3-4,6-7,9H,5H2,1-2H3. The molecule has 16 heavy (non-hydrogen) atoms. The highest BCUT2D eigenvalue weighted by Gasteiger charge is 2.31. The molecule has 0 spiro atoms. The lowest BCUT2D eigenvalue weighted by atomic mass is 9.84. The van der Waals surface area contributed by atoms with Crippen molar-refractivity contribution >= 4 is 6.08 Å². The fourth-order valence-corrected chi connectivity index (χ4v) is 2.23. The van der Waals surface area contributed by atoms with Crippen LogP contribution in [0, 0.1) is 0 Å². The molecule has 0 radical (unpaired) electrons. The van der Waals surface area contributed by atoms with E-state index in [4.69, 9.17) is 0 Å². The Labute approximate surface area is 92.8 Å². The van der Waals surface area contributed by atoms with Gasteiger partial charge in [-0.05, 0) is 42.5 Å². The second-order valence-electron chi connectivity index (χ2n) is 4.44. The molecule has 86 valence electrons. The Balaban J connectivity index is 2.51. The van der Waals surface area contributed by atoms with Gasteiger partial charge in [0.1, 0.15) is 0 Å². The third-order valence-electron chi connectivity index (χ3n) is 2.98. The van der Waals surface area contributed by atoms with Gasteiger partial charge in [-0.1, -0.05) is 24.6 Å². The van der Waals surface area contributed by atoms with Gasteiger partial charge in [0, 0.05) is 0 Å². The maximum atomic E-state index is 12.5. The largest absolute Gasteiger partial charge is 0.416 e. The predicted molar refractivity (Wildman–Crippen MR) is 58.1 cm³/mol. The van der Waals surface area contributed by atoms with Gasteiger partial charge in [-0.3, -0.25) is 0 Å². The zero-order chi connectivity index (χ0) is 11.9. The number of hydrogen-bond acceptors (Lipinski definition) is 0. The Morgan fingerprint density at radius 3 is 2.56 bits per heavy atom. The Kier molecular flexibility index (Phi) is 2.56. The molecular formula is C13H13F3. The normalized spacial score (nSPS) is 20.3. The molecule has 1 unspecified atom stereocenters. The molecule has 0 amide bonds. The van der Waals surface area contributed by atoms with Crippen molar-refractivity contribution in [2.75, 3.05) is 0 Å². The molecule has 0 saturated carbocycles. The first kappa shape index (κ1) is 11.2. The van der Waals surface area contributed by atoms with E-state index in [-0.39, 0.29) is 5.92 Å².